The van der Waals surface area contributed by atoms with Crippen molar-refractivity contribution in [2.45, 2.75) is 193 Å². The van der Waals surface area contributed by atoms with Gasteiger partial charge in [-0.1, -0.05) is 147 Å². The van der Waals surface area contributed by atoms with E-state index in [1.165, 1.54) is 89.9 Å². The lowest BCUT2D eigenvalue weighted by Gasteiger charge is -2.18. The molecule has 1 fully saturated rings. The Morgan fingerprint density at radius 3 is 1.70 bits per heavy atom. The number of esters is 2. The third kappa shape index (κ3) is 31.0. The van der Waals surface area contributed by atoms with Gasteiger partial charge < -0.3 is 24.0 Å². The van der Waals surface area contributed by atoms with E-state index in [0.717, 1.165) is 44.9 Å². The number of carbonyl (C=O) groups excluding carboxylic acids is 2. The fourth-order valence-electron chi connectivity index (χ4n) is 5.70. The Morgan fingerprint density at radius 2 is 1.10 bits per heavy atom. The van der Waals surface area contributed by atoms with Gasteiger partial charge in [0.2, 0.25) is 0 Å². The molecule has 0 spiro atoms. The van der Waals surface area contributed by atoms with Gasteiger partial charge in [-0.05, 0) is 51.4 Å². The minimum absolute atomic E-state index is 0.132. The van der Waals surface area contributed by atoms with Crippen molar-refractivity contribution in [2.24, 2.45) is 0 Å². The van der Waals surface area contributed by atoms with Crippen LogP contribution in [-0.4, -0.2) is 53.3 Å². The molecule has 290 valence electrons. The Kier molecular flexibility index (Phi) is 29.5. The Labute approximate surface area is 304 Å². The summed E-state index contributed by atoms with van der Waals surface area (Å²) >= 11 is 0. The number of rotatable bonds is 35. The van der Waals surface area contributed by atoms with Crippen molar-refractivity contribution in [2.75, 3.05) is 13.2 Å². The molecule has 50 heavy (non-hydrogen) atoms. The highest BCUT2D eigenvalue weighted by Gasteiger charge is 2.36. The Bertz CT molecular complexity index is 974. The van der Waals surface area contributed by atoms with Gasteiger partial charge >= 0.3 is 19.8 Å². The number of hydrogen-bond acceptors (Lipinski definition) is 7. The number of ether oxygens (including phenoxy) is 3. The lowest BCUT2D eigenvalue weighted by molar-refractivity contribution is -0.161. The first-order valence-corrected chi connectivity index (χ1v) is 21.4. The maximum atomic E-state index is 12.4. The number of phosphoric ester groups is 1. The van der Waals surface area contributed by atoms with Crippen LogP contribution < -0.4 is 0 Å². The molecule has 0 aromatic heterocycles. The Hall–Kier alpha value is -1.77. The first-order valence-electron chi connectivity index (χ1n) is 19.9. The summed E-state index contributed by atoms with van der Waals surface area (Å²) in [6, 6.07) is 0. The lowest BCUT2D eigenvalue weighted by atomic mass is 10.0. The minimum Gasteiger partial charge on any atom is -0.462 e. The summed E-state index contributed by atoms with van der Waals surface area (Å²) in [5.41, 5.74) is 0. The summed E-state index contributed by atoms with van der Waals surface area (Å²) in [5, 5.41) is 0. The van der Waals surface area contributed by atoms with Gasteiger partial charge in [-0.2, -0.15) is 0 Å². The highest BCUT2D eigenvalue weighted by atomic mass is 31.2. The smallest absolute Gasteiger partial charge is 0.462 e. The van der Waals surface area contributed by atoms with Crippen LogP contribution >= 0.6 is 7.82 Å². The Balaban J connectivity index is 2.12. The molecule has 1 aliphatic heterocycles. The molecule has 1 aliphatic rings. The molecule has 1 heterocycles. The van der Waals surface area contributed by atoms with Crippen molar-refractivity contribution in [1.29, 1.82) is 0 Å². The minimum atomic E-state index is -4.77. The molecule has 2 unspecified atom stereocenters. The molecule has 0 aromatic carbocycles. The molecular formula is C40H71O9P. The zero-order chi connectivity index (χ0) is 36.5. The first-order chi connectivity index (χ1) is 24.2. The van der Waals surface area contributed by atoms with Crippen LogP contribution in [0.5, 0.6) is 0 Å². The highest BCUT2D eigenvalue weighted by Crippen LogP contribution is 2.36. The molecule has 0 saturated carbocycles. The monoisotopic (exact) mass is 726 g/mol. The number of unbranched alkanes of at least 4 members (excludes halogenated alkanes) is 17. The molecular weight excluding hydrogens is 655 g/mol. The summed E-state index contributed by atoms with van der Waals surface area (Å²) in [7, 11) is -4.77. The van der Waals surface area contributed by atoms with Gasteiger partial charge in [-0.3, -0.25) is 14.1 Å². The second kappa shape index (κ2) is 31.9. The normalized spacial score (nSPS) is 16.9. The standard InChI is InChI=1S/C40H71O9P/c1-3-5-7-9-11-12-13-14-15-16-17-20-24-28-32-39(41)46-34-36(35-47-50(43,44)45)48-40(42)33-29-25-21-18-19-23-27-31-38-37(49-38)30-26-22-10-8-6-4-2/h18,21-23,26-27,36-38H,3-17,19-20,24-25,28-35H2,1-2H3,(H2,43,44,45)/b21-18-,26-22-,27-23-/t36-,37?,38?/m1/s1. The number of phosphoric acid groups is 1. The third-order valence-corrected chi connectivity index (χ3v) is 9.30. The van der Waals surface area contributed by atoms with Crippen molar-refractivity contribution < 1.29 is 42.7 Å². The van der Waals surface area contributed by atoms with Crippen LogP contribution in [0.4, 0.5) is 0 Å². The van der Waals surface area contributed by atoms with E-state index in [1.54, 1.807) is 0 Å². The summed E-state index contributed by atoms with van der Waals surface area (Å²) in [6.07, 6.45) is 39.0. The van der Waals surface area contributed by atoms with Gasteiger partial charge in [-0.25, -0.2) is 4.57 Å². The SMILES string of the molecule is CCCCC/C=C\CC1OC1C/C=C\C/C=C\CCCC(=O)O[C@H](COC(=O)CCCCCCCCCCCCCCCC)COP(=O)(O)O. The van der Waals surface area contributed by atoms with E-state index in [-0.39, 0.29) is 19.4 Å². The van der Waals surface area contributed by atoms with E-state index >= 15 is 0 Å². The van der Waals surface area contributed by atoms with E-state index in [4.69, 9.17) is 24.0 Å². The molecule has 3 atom stereocenters. The van der Waals surface area contributed by atoms with Crippen LogP contribution in [0.1, 0.15) is 174 Å². The van der Waals surface area contributed by atoms with Gasteiger partial charge in [-0.15, -0.1) is 0 Å². The highest BCUT2D eigenvalue weighted by molar-refractivity contribution is 7.46. The van der Waals surface area contributed by atoms with Crippen molar-refractivity contribution >= 4 is 19.8 Å². The lowest BCUT2D eigenvalue weighted by Crippen LogP contribution is -2.29. The third-order valence-electron chi connectivity index (χ3n) is 8.81. The van der Waals surface area contributed by atoms with Crippen LogP contribution in [0.2, 0.25) is 0 Å². The number of allylic oxidation sites excluding steroid dienone is 4. The second-order valence-corrected chi connectivity index (χ2v) is 14.9. The first kappa shape index (κ1) is 46.3. The summed E-state index contributed by atoms with van der Waals surface area (Å²) in [5.74, 6) is -0.953. The predicted octanol–water partition coefficient (Wildman–Crippen LogP) is 10.8. The van der Waals surface area contributed by atoms with Gasteiger partial charge in [0.05, 0.1) is 18.8 Å². The number of carbonyl (C=O) groups is 2. The van der Waals surface area contributed by atoms with E-state index < -0.39 is 32.5 Å². The number of epoxide rings is 1. The Morgan fingerprint density at radius 1 is 0.620 bits per heavy atom. The fourth-order valence-corrected chi connectivity index (χ4v) is 6.06. The zero-order valence-electron chi connectivity index (χ0n) is 31.5. The predicted molar refractivity (Wildman–Crippen MR) is 202 cm³/mol. The van der Waals surface area contributed by atoms with Crippen molar-refractivity contribution in [3.63, 3.8) is 0 Å². The van der Waals surface area contributed by atoms with Crippen LogP contribution in [0.15, 0.2) is 36.5 Å². The molecule has 1 rings (SSSR count). The zero-order valence-corrected chi connectivity index (χ0v) is 32.4. The van der Waals surface area contributed by atoms with E-state index in [0.29, 0.717) is 25.0 Å². The van der Waals surface area contributed by atoms with Crippen LogP contribution in [0.25, 0.3) is 0 Å². The van der Waals surface area contributed by atoms with Crippen LogP contribution in [0.3, 0.4) is 0 Å². The van der Waals surface area contributed by atoms with Crippen molar-refractivity contribution in [3.8, 4) is 0 Å². The molecule has 0 bridgehead atoms. The summed E-state index contributed by atoms with van der Waals surface area (Å²) in [6.45, 7) is 3.60. The molecule has 0 radical (unpaired) electrons. The number of hydrogen-bond donors (Lipinski definition) is 2. The van der Waals surface area contributed by atoms with Gasteiger partial charge in [0, 0.05) is 12.8 Å². The van der Waals surface area contributed by atoms with Crippen molar-refractivity contribution in [1.82, 2.24) is 0 Å². The average molecular weight is 727 g/mol. The van der Waals surface area contributed by atoms with Gasteiger partial charge in [0.1, 0.15) is 6.61 Å². The van der Waals surface area contributed by atoms with E-state index in [1.807, 2.05) is 6.08 Å². The van der Waals surface area contributed by atoms with Crippen molar-refractivity contribution in [3.05, 3.63) is 36.5 Å². The topological polar surface area (TPSA) is 132 Å². The quantitative estimate of drug-likeness (QED) is 0.0215. The van der Waals surface area contributed by atoms with Crippen LogP contribution in [0, 0.1) is 0 Å². The molecule has 1 saturated heterocycles. The molecule has 9 nitrogen and oxygen atoms in total. The molecule has 2 N–H and O–H groups in total. The fraction of sp³-hybridized carbons (Fsp3) is 0.800. The van der Waals surface area contributed by atoms with E-state index in [2.05, 4.69) is 48.8 Å². The molecule has 10 heteroatoms. The second-order valence-electron chi connectivity index (χ2n) is 13.6. The average Bonchev–Trinajstić information content (AvgIpc) is 3.84. The van der Waals surface area contributed by atoms with Gasteiger partial charge in [0.25, 0.3) is 0 Å². The van der Waals surface area contributed by atoms with Gasteiger partial charge in [0.15, 0.2) is 6.10 Å². The summed E-state index contributed by atoms with van der Waals surface area (Å²) < 4.78 is 32.0. The van der Waals surface area contributed by atoms with E-state index in [9.17, 15) is 14.2 Å². The van der Waals surface area contributed by atoms with Crippen LogP contribution in [-0.2, 0) is 32.9 Å². The largest absolute Gasteiger partial charge is 0.469 e. The molecule has 0 aromatic rings. The summed E-state index contributed by atoms with van der Waals surface area (Å²) in [4.78, 5) is 42.8. The maximum Gasteiger partial charge on any atom is 0.469 e. The molecule has 0 aliphatic carbocycles. The maximum absolute atomic E-state index is 12.4. The molecule has 0 amide bonds.